The summed E-state index contributed by atoms with van der Waals surface area (Å²) in [6.07, 6.45) is 2.45. The Hall–Kier alpha value is -1.83. The molecule has 148 valence electrons. The summed E-state index contributed by atoms with van der Waals surface area (Å²) in [6, 6.07) is 4.03. The molecule has 0 saturated heterocycles. The number of anilines is 2. The minimum atomic E-state index is -0.177. The van der Waals surface area contributed by atoms with Gasteiger partial charge in [-0.15, -0.1) is 0 Å². The molecule has 0 radical (unpaired) electrons. The number of thiol groups is 1. The van der Waals surface area contributed by atoms with E-state index in [1.165, 1.54) is 0 Å². The van der Waals surface area contributed by atoms with Crippen LogP contribution in [-0.4, -0.2) is 37.0 Å². The van der Waals surface area contributed by atoms with Gasteiger partial charge in [-0.2, -0.15) is 12.6 Å². The molecule has 1 aromatic heterocycles. The maximum Gasteiger partial charge on any atom is 0.294 e. The molecule has 7 heteroatoms. The second kappa shape index (κ2) is 9.92. The van der Waals surface area contributed by atoms with Crippen molar-refractivity contribution < 1.29 is 9.47 Å². The van der Waals surface area contributed by atoms with E-state index < -0.39 is 0 Å². The topological polar surface area (TPSA) is 65.4 Å². The maximum atomic E-state index is 13.1. The van der Waals surface area contributed by atoms with Crippen LogP contribution in [0.15, 0.2) is 23.1 Å². The molecule has 1 unspecified atom stereocenters. The van der Waals surface area contributed by atoms with Gasteiger partial charge >= 0.3 is 0 Å². The van der Waals surface area contributed by atoms with Crippen LogP contribution in [0.1, 0.15) is 34.8 Å². The van der Waals surface area contributed by atoms with Crippen molar-refractivity contribution in [3.05, 3.63) is 51.1 Å². The zero-order chi connectivity index (χ0) is 20.0. The van der Waals surface area contributed by atoms with Crippen LogP contribution in [0.2, 0.25) is 0 Å². The summed E-state index contributed by atoms with van der Waals surface area (Å²) in [5.74, 6) is 0.883. The number of hydrogen-bond donors (Lipinski definition) is 2. The van der Waals surface area contributed by atoms with E-state index in [4.69, 9.17) is 9.47 Å². The van der Waals surface area contributed by atoms with Gasteiger partial charge in [0.25, 0.3) is 5.56 Å². The second-order valence-electron chi connectivity index (χ2n) is 6.73. The first-order chi connectivity index (χ1) is 12.9. The number of aryl methyl sites for hydroxylation is 3. The van der Waals surface area contributed by atoms with Crippen LogP contribution in [0.4, 0.5) is 11.5 Å². The van der Waals surface area contributed by atoms with Crippen molar-refractivity contribution in [2.45, 2.75) is 39.0 Å². The van der Waals surface area contributed by atoms with Gasteiger partial charge in [0.15, 0.2) is 5.82 Å². The van der Waals surface area contributed by atoms with E-state index in [1.54, 1.807) is 25.0 Å². The molecule has 2 aromatic rings. The molecular weight excluding hydrogens is 362 g/mol. The molecule has 27 heavy (non-hydrogen) atoms. The third-order valence-corrected chi connectivity index (χ3v) is 4.77. The van der Waals surface area contributed by atoms with Crippen molar-refractivity contribution >= 4 is 24.1 Å². The lowest BCUT2D eigenvalue weighted by atomic mass is 10.1. The lowest BCUT2D eigenvalue weighted by Gasteiger charge is -2.21. The zero-order valence-electron chi connectivity index (χ0n) is 16.7. The number of hydrogen-bond acceptors (Lipinski definition) is 6. The number of ether oxygens (including phenoxy) is 2. The normalized spacial score (nSPS) is 12.2. The van der Waals surface area contributed by atoms with Crippen LogP contribution in [0.5, 0.6) is 0 Å². The van der Waals surface area contributed by atoms with Crippen molar-refractivity contribution in [3.63, 3.8) is 0 Å². The van der Waals surface area contributed by atoms with Gasteiger partial charge in [0.1, 0.15) is 0 Å². The van der Waals surface area contributed by atoms with Gasteiger partial charge in [0.05, 0.1) is 18.3 Å². The smallest absolute Gasteiger partial charge is 0.294 e. The van der Waals surface area contributed by atoms with E-state index in [1.807, 2.05) is 20.8 Å². The molecule has 0 spiro atoms. The van der Waals surface area contributed by atoms with E-state index >= 15 is 0 Å². The van der Waals surface area contributed by atoms with Gasteiger partial charge in [0, 0.05) is 38.5 Å². The first kappa shape index (κ1) is 21.5. The fraction of sp³-hybridized carbons (Fsp3) is 0.500. The summed E-state index contributed by atoms with van der Waals surface area (Å²) in [6.45, 7) is 6.92. The van der Waals surface area contributed by atoms with E-state index in [-0.39, 0.29) is 11.6 Å². The SMILES string of the molecule is COCCC(COC)n1cc(C)nc(Nc2c(C)cc(C)cc2CS)c1=O. The molecule has 0 aliphatic carbocycles. The van der Waals surface area contributed by atoms with Gasteiger partial charge in [-0.25, -0.2) is 4.98 Å². The average Bonchev–Trinajstić information content (AvgIpc) is 2.63. The number of aromatic nitrogens is 2. The average molecular weight is 392 g/mol. The summed E-state index contributed by atoms with van der Waals surface area (Å²) >= 11 is 4.43. The first-order valence-electron chi connectivity index (χ1n) is 8.96. The van der Waals surface area contributed by atoms with Gasteiger partial charge in [-0.1, -0.05) is 17.7 Å². The van der Waals surface area contributed by atoms with Gasteiger partial charge in [0.2, 0.25) is 0 Å². The molecule has 1 atom stereocenters. The van der Waals surface area contributed by atoms with E-state index in [9.17, 15) is 4.79 Å². The van der Waals surface area contributed by atoms with Crippen molar-refractivity contribution in [3.8, 4) is 0 Å². The molecule has 0 amide bonds. The van der Waals surface area contributed by atoms with Crippen molar-refractivity contribution in [2.75, 3.05) is 32.8 Å². The Morgan fingerprint density at radius 1 is 1.22 bits per heavy atom. The summed E-state index contributed by atoms with van der Waals surface area (Å²) in [5.41, 5.74) is 4.73. The molecule has 0 saturated carbocycles. The predicted octanol–water partition coefficient (Wildman–Crippen LogP) is 3.57. The molecule has 0 fully saturated rings. The molecule has 1 aromatic carbocycles. The monoisotopic (exact) mass is 391 g/mol. The third-order valence-electron chi connectivity index (χ3n) is 4.43. The maximum absolute atomic E-state index is 13.1. The summed E-state index contributed by atoms with van der Waals surface area (Å²) < 4.78 is 12.2. The molecular formula is C20H29N3O3S. The van der Waals surface area contributed by atoms with E-state index in [2.05, 4.69) is 35.1 Å². The molecule has 0 aliphatic rings. The Labute approximate surface area is 166 Å². The second-order valence-corrected chi connectivity index (χ2v) is 7.05. The van der Waals surface area contributed by atoms with Crippen molar-refractivity contribution in [2.24, 2.45) is 0 Å². The van der Waals surface area contributed by atoms with Crippen LogP contribution >= 0.6 is 12.6 Å². The lowest BCUT2D eigenvalue weighted by molar-refractivity contribution is 0.119. The van der Waals surface area contributed by atoms with E-state index in [0.29, 0.717) is 31.2 Å². The quantitative estimate of drug-likeness (QED) is 0.640. The largest absolute Gasteiger partial charge is 0.385 e. The van der Waals surface area contributed by atoms with Crippen molar-refractivity contribution in [1.82, 2.24) is 9.55 Å². The highest BCUT2D eigenvalue weighted by Crippen LogP contribution is 2.26. The Morgan fingerprint density at radius 2 is 1.96 bits per heavy atom. The highest BCUT2D eigenvalue weighted by atomic mass is 32.1. The Bertz CT molecular complexity index is 836. The lowest BCUT2D eigenvalue weighted by Crippen LogP contribution is -2.31. The fourth-order valence-corrected chi connectivity index (χ4v) is 3.46. The number of methoxy groups -OCH3 is 2. The number of nitrogens with zero attached hydrogens (tertiary/aromatic N) is 2. The Morgan fingerprint density at radius 3 is 2.59 bits per heavy atom. The highest BCUT2D eigenvalue weighted by Gasteiger charge is 2.17. The van der Waals surface area contributed by atoms with Gasteiger partial charge in [-0.3, -0.25) is 4.79 Å². The first-order valence-corrected chi connectivity index (χ1v) is 9.60. The minimum absolute atomic E-state index is 0.117. The van der Waals surface area contributed by atoms with Crippen LogP contribution in [-0.2, 0) is 15.2 Å². The van der Waals surface area contributed by atoms with Crippen molar-refractivity contribution in [1.29, 1.82) is 0 Å². The summed E-state index contributed by atoms with van der Waals surface area (Å²) in [5, 5.41) is 3.26. The minimum Gasteiger partial charge on any atom is -0.385 e. The summed E-state index contributed by atoms with van der Waals surface area (Å²) in [4.78, 5) is 17.6. The van der Waals surface area contributed by atoms with Crippen LogP contribution in [0.3, 0.4) is 0 Å². The molecule has 0 aliphatic heterocycles. The standard InChI is InChI=1S/C20H29N3O3S/c1-13-8-14(2)18(16(9-13)12-27)22-19-20(24)23(10-15(3)21-19)17(11-26-5)6-7-25-4/h8-10,17,27H,6-7,11-12H2,1-5H3,(H,21,22). The number of nitrogens with one attached hydrogen (secondary N) is 1. The van der Waals surface area contributed by atoms with E-state index in [0.717, 1.165) is 28.1 Å². The molecule has 0 bridgehead atoms. The summed E-state index contributed by atoms with van der Waals surface area (Å²) in [7, 11) is 3.28. The van der Waals surface area contributed by atoms with Crippen LogP contribution in [0.25, 0.3) is 0 Å². The van der Waals surface area contributed by atoms with Gasteiger partial charge in [-0.05, 0) is 38.3 Å². The Balaban J connectivity index is 2.48. The number of rotatable bonds is 9. The molecule has 1 heterocycles. The van der Waals surface area contributed by atoms with Gasteiger partial charge < -0.3 is 19.4 Å². The highest BCUT2D eigenvalue weighted by molar-refractivity contribution is 7.79. The molecule has 6 nitrogen and oxygen atoms in total. The molecule has 2 rings (SSSR count). The van der Waals surface area contributed by atoms with Crippen LogP contribution in [0, 0.1) is 20.8 Å². The molecule has 1 N–H and O–H groups in total. The zero-order valence-corrected chi connectivity index (χ0v) is 17.6. The Kier molecular flexibility index (Phi) is 7.89. The number of benzene rings is 1. The fourth-order valence-electron chi connectivity index (χ4n) is 3.21. The third kappa shape index (κ3) is 5.34. The van der Waals surface area contributed by atoms with Crippen LogP contribution < -0.4 is 10.9 Å². The predicted molar refractivity (Wildman–Crippen MR) is 113 cm³/mol.